The summed E-state index contributed by atoms with van der Waals surface area (Å²) in [5.41, 5.74) is 3.41. The zero-order valence-corrected chi connectivity index (χ0v) is 20.9. The highest BCUT2D eigenvalue weighted by molar-refractivity contribution is 7.92. The van der Waals surface area contributed by atoms with E-state index < -0.39 is 15.9 Å². The van der Waals surface area contributed by atoms with Crippen LogP contribution in [-0.4, -0.2) is 27.5 Å². The summed E-state index contributed by atoms with van der Waals surface area (Å²) in [5, 5.41) is 2.89. The number of rotatable bonds is 5. The molecule has 1 amide bonds. The minimum Gasteiger partial charge on any atom is -0.495 e. The number of carbonyl (C=O) groups is 1. The number of nitrogens with one attached hydrogen (secondary N) is 1. The van der Waals surface area contributed by atoms with Crippen LogP contribution in [0.25, 0.3) is 0 Å². The largest absolute Gasteiger partial charge is 0.495 e. The molecule has 7 heteroatoms. The lowest BCUT2D eigenvalue weighted by Crippen LogP contribution is -2.35. The average Bonchev–Trinajstić information content (AvgIpc) is 3.15. The summed E-state index contributed by atoms with van der Waals surface area (Å²) in [5.74, 6) is 0.129. The molecule has 178 valence electrons. The molecule has 0 unspecified atom stereocenters. The number of methoxy groups -OCH3 is 1. The van der Waals surface area contributed by atoms with Crippen molar-refractivity contribution in [3.8, 4) is 5.75 Å². The van der Waals surface area contributed by atoms with E-state index in [4.69, 9.17) is 4.74 Å². The van der Waals surface area contributed by atoms with Gasteiger partial charge in [-0.2, -0.15) is 0 Å². The van der Waals surface area contributed by atoms with Crippen LogP contribution in [0, 0.1) is 0 Å². The average molecular weight is 479 g/mol. The van der Waals surface area contributed by atoms with Crippen molar-refractivity contribution in [2.45, 2.75) is 50.5 Å². The lowest BCUT2D eigenvalue weighted by molar-refractivity contribution is 0.102. The van der Waals surface area contributed by atoms with Crippen molar-refractivity contribution in [2.24, 2.45) is 0 Å². The molecule has 3 aromatic rings. The standard InChI is InChI=1S/C27H30N2O4S/c1-18-15-19-9-6-7-12-24(19)29(18)34(31,32)22-11-8-10-20(16-22)26(30)28-23-17-21(27(2,3)4)13-14-25(23)33-5/h6-14,16-18H,15H2,1-5H3,(H,28,30)/t18-/m1/s1. The Balaban J connectivity index is 1.66. The third kappa shape index (κ3) is 4.40. The van der Waals surface area contributed by atoms with Crippen molar-refractivity contribution < 1.29 is 17.9 Å². The fourth-order valence-electron chi connectivity index (χ4n) is 4.28. The number of ether oxygens (including phenoxy) is 1. The first-order chi connectivity index (χ1) is 16.0. The van der Waals surface area contributed by atoms with Crippen LogP contribution in [0.2, 0.25) is 0 Å². The van der Waals surface area contributed by atoms with Gasteiger partial charge in [0, 0.05) is 11.6 Å². The molecule has 1 atom stereocenters. The molecular formula is C27H30N2O4S. The summed E-state index contributed by atoms with van der Waals surface area (Å²) < 4.78 is 34.0. The molecule has 1 N–H and O–H groups in total. The van der Waals surface area contributed by atoms with E-state index in [1.54, 1.807) is 19.2 Å². The van der Waals surface area contributed by atoms with Crippen molar-refractivity contribution in [1.82, 2.24) is 0 Å². The molecule has 1 aliphatic rings. The van der Waals surface area contributed by atoms with Crippen LogP contribution in [0.3, 0.4) is 0 Å². The van der Waals surface area contributed by atoms with Gasteiger partial charge < -0.3 is 10.1 Å². The predicted octanol–water partition coefficient (Wildman–Crippen LogP) is 5.38. The van der Waals surface area contributed by atoms with Gasteiger partial charge in [-0.3, -0.25) is 9.10 Å². The molecule has 1 heterocycles. The first kappa shape index (κ1) is 23.8. The second-order valence-corrected chi connectivity index (χ2v) is 11.4. The maximum Gasteiger partial charge on any atom is 0.264 e. The number of para-hydroxylation sites is 1. The zero-order chi connectivity index (χ0) is 24.7. The highest BCUT2D eigenvalue weighted by Crippen LogP contribution is 2.37. The fraction of sp³-hybridized carbons (Fsp3) is 0.296. The number of anilines is 2. The Hall–Kier alpha value is -3.32. The molecule has 0 aromatic heterocycles. The van der Waals surface area contributed by atoms with E-state index in [0.717, 1.165) is 11.1 Å². The highest BCUT2D eigenvalue weighted by Gasteiger charge is 2.36. The van der Waals surface area contributed by atoms with Gasteiger partial charge in [0.25, 0.3) is 15.9 Å². The van der Waals surface area contributed by atoms with E-state index in [1.165, 1.54) is 16.4 Å². The Labute approximate surface area is 201 Å². The topological polar surface area (TPSA) is 75.7 Å². The van der Waals surface area contributed by atoms with E-state index in [-0.39, 0.29) is 21.9 Å². The number of amides is 1. The van der Waals surface area contributed by atoms with E-state index >= 15 is 0 Å². The van der Waals surface area contributed by atoms with Gasteiger partial charge in [-0.05, 0) is 66.3 Å². The van der Waals surface area contributed by atoms with Crippen LogP contribution in [0.15, 0.2) is 71.6 Å². The fourth-order valence-corrected chi connectivity index (χ4v) is 6.02. The van der Waals surface area contributed by atoms with Crippen molar-refractivity contribution in [2.75, 3.05) is 16.7 Å². The quantitative estimate of drug-likeness (QED) is 0.534. The van der Waals surface area contributed by atoms with Gasteiger partial charge in [0.05, 0.1) is 23.4 Å². The van der Waals surface area contributed by atoms with Gasteiger partial charge in [-0.1, -0.05) is 51.1 Å². The molecule has 3 aromatic carbocycles. The maximum absolute atomic E-state index is 13.6. The van der Waals surface area contributed by atoms with Crippen LogP contribution in [0.4, 0.5) is 11.4 Å². The monoisotopic (exact) mass is 478 g/mol. The molecule has 34 heavy (non-hydrogen) atoms. The van der Waals surface area contributed by atoms with Crippen molar-refractivity contribution in [3.63, 3.8) is 0 Å². The van der Waals surface area contributed by atoms with Crippen molar-refractivity contribution in [1.29, 1.82) is 0 Å². The lowest BCUT2D eigenvalue weighted by Gasteiger charge is -2.24. The van der Waals surface area contributed by atoms with Crippen molar-refractivity contribution in [3.05, 3.63) is 83.4 Å². The summed E-state index contributed by atoms with van der Waals surface area (Å²) in [6.07, 6.45) is 0.652. The van der Waals surface area contributed by atoms with E-state index in [2.05, 4.69) is 26.1 Å². The molecule has 0 bridgehead atoms. The summed E-state index contributed by atoms with van der Waals surface area (Å²) >= 11 is 0. The number of benzene rings is 3. The molecule has 0 aliphatic carbocycles. The Bertz CT molecular complexity index is 1340. The Kier molecular flexibility index (Phi) is 6.16. The molecule has 0 saturated carbocycles. The second kappa shape index (κ2) is 8.80. The summed E-state index contributed by atoms with van der Waals surface area (Å²) in [7, 11) is -2.29. The molecule has 6 nitrogen and oxygen atoms in total. The van der Waals surface area contributed by atoms with Crippen LogP contribution in [-0.2, 0) is 21.9 Å². The van der Waals surface area contributed by atoms with Gasteiger partial charge in [0.1, 0.15) is 5.75 Å². The minimum atomic E-state index is -3.84. The number of hydrogen-bond donors (Lipinski definition) is 1. The summed E-state index contributed by atoms with van der Waals surface area (Å²) in [4.78, 5) is 13.2. The summed E-state index contributed by atoms with van der Waals surface area (Å²) in [6, 6.07) is 19.2. The van der Waals surface area contributed by atoms with Crippen LogP contribution >= 0.6 is 0 Å². The molecule has 0 saturated heterocycles. The van der Waals surface area contributed by atoms with Crippen LogP contribution in [0.5, 0.6) is 5.75 Å². The Morgan fingerprint density at radius 3 is 2.47 bits per heavy atom. The lowest BCUT2D eigenvalue weighted by atomic mass is 9.87. The molecule has 4 rings (SSSR count). The number of sulfonamides is 1. The summed E-state index contributed by atoms with van der Waals surface area (Å²) in [6.45, 7) is 8.16. The predicted molar refractivity (Wildman–Crippen MR) is 135 cm³/mol. The highest BCUT2D eigenvalue weighted by atomic mass is 32.2. The number of nitrogens with zero attached hydrogens (tertiary/aromatic N) is 1. The second-order valence-electron chi connectivity index (χ2n) is 9.63. The van der Waals surface area contributed by atoms with Gasteiger partial charge in [-0.15, -0.1) is 0 Å². The molecule has 0 spiro atoms. The Morgan fingerprint density at radius 1 is 1.03 bits per heavy atom. The van der Waals surface area contributed by atoms with E-state index in [9.17, 15) is 13.2 Å². The SMILES string of the molecule is COc1ccc(C(C)(C)C)cc1NC(=O)c1cccc(S(=O)(=O)N2c3ccccc3C[C@H]2C)c1. The third-order valence-corrected chi connectivity index (χ3v) is 8.04. The first-order valence-corrected chi connectivity index (χ1v) is 12.7. The van der Waals surface area contributed by atoms with Gasteiger partial charge in [-0.25, -0.2) is 8.42 Å². The number of hydrogen-bond acceptors (Lipinski definition) is 4. The minimum absolute atomic E-state index is 0.0825. The van der Waals surface area contributed by atoms with Crippen LogP contribution < -0.4 is 14.4 Å². The maximum atomic E-state index is 13.6. The number of carbonyl (C=O) groups excluding carboxylic acids is 1. The zero-order valence-electron chi connectivity index (χ0n) is 20.1. The molecular weight excluding hydrogens is 448 g/mol. The smallest absolute Gasteiger partial charge is 0.264 e. The molecule has 1 aliphatic heterocycles. The van der Waals surface area contributed by atoms with Crippen molar-refractivity contribution >= 4 is 27.3 Å². The number of fused-ring (bicyclic) bond motifs is 1. The Morgan fingerprint density at radius 2 is 1.76 bits per heavy atom. The normalized spacial score (nSPS) is 15.7. The molecule has 0 fully saturated rings. The van der Waals surface area contributed by atoms with E-state index in [1.807, 2.05) is 49.4 Å². The van der Waals surface area contributed by atoms with Gasteiger partial charge in [0.15, 0.2) is 0 Å². The first-order valence-electron chi connectivity index (χ1n) is 11.2. The van der Waals surface area contributed by atoms with Gasteiger partial charge >= 0.3 is 0 Å². The molecule has 0 radical (unpaired) electrons. The van der Waals surface area contributed by atoms with Crippen LogP contribution in [0.1, 0.15) is 49.2 Å². The van der Waals surface area contributed by atoms with Gasteiger partial charge in [0.2, 0.25) is 0 Å². The van der Waals surface area contributed by atoms with E-state index in [0.29, 0.717) is 23.5 Å². The third-order valence-electron chi connectivity index (χ3n) is 6.11.